The Morgan fingerprint density at radius 3 is 3.24 bits per heavy atom. The number of methoxy groups -OCH3 is 1. The smallest absolute Gasteiger partial charge is 0.213 e. The van der Waals surface area contributed by atoms with E-state index < -0.39 is 0 Å². The first-order valence-corrected chi connectivity index (χ1v) is 6.13. The summed E-state index contributed by atoms with van der Waals surface area (Å²) in [6.07, 6.45) is 4.47. The highest BCUT2D eigenvalue weighted by molar-refractivity contribution is 5.20. The van der Waals surface area contributed by atoms with Crippen LogP contribution in [0.1, 0.15) is 25.3 Å². The highest BCUT2D eigenvalue weighted by Crippen LogP contribution is 2.16. The number of nitrogens with one attached hydrogen (secondary N) is 1. The van der Waals surface area contributed by atoms with E-state index in [2.05, 4.69) is 17.2 Å². The maximum atomic E-state index is 5.65. The number of ether oxygens (including phenoxy) is 2. The third-order valence-corrected chi connectivity index (χ3v) is 3.16. The average molecular weight is 236 g/mol. The molecule has 94 valence electrons. The van der Waals surface area contributed by atoms with Crippen molar-refractivity contribution in [3.05, 3.63) is 23.9 Å². The van der Waals surface area contributed by atoms with E-state index in [0.29, 0.717) is 18.0 Å². The van der Waals surface area contributed by atoms with E-state index in [1.807, 2.05) is 12.1 Å². The molecule has 1 aliphatic rings. The summed E-state index contributed by atoms with van der Waals surface area (Å²) < 4.78 is 10.7. The fourth-order valence-corrected chi connectivity index (χ4v) is 2.08. The molecule has 0 aromatic carbocycles. The molecule has 0 spiro atoms. The fraction of sp³-hybridized carbons (Fsp3) is 0.615. The van der Waals surface area contributed by atoms with Crippen molar-refractivity contribution in [2.24, 2.45) is 0 Å². The van der Waals surface area contributed by atoms with Gasteiger partial charge in [-0.25, -0.2) is 4.98 Å². The van der Waals surface area contributed by atoms with Crippen LogP contribution in [0.2, 0.25) is 0 Å². The minimum Gasteiger partial charge on any atom is -0.481 e. The molecule has 0 saturated carbocycles. The predicted octanol–water partition coefficient (Wildman–Crippen LogP) is 1.75. The van der Waals surface area contributed by atoms with Crippen molar-refractivity contribution < 1.29 is 9.47 Å². The summed E-state index contributed by atoms with van der Waals surface area (Å²) in [6.45, 7) is 3.90. The fourth-order valence-electron chi connectivity index (χ4n) is 2.08. The minimum absolute atomic E-state index is 0.360. The molecule has 2 rings (SSSR count). The van der Waals surface area contributed by atoms with E-state index in [1.54, 1.807) is 13.3 Å². The SMILES string of the molecule is COc1cc(CN[C@H](C)[C@H]2CCCO2)ccn1. The molecule has 1 aromatic rings. The second-order valence-corrected chi connectivity index (χ2v) is 4.43. The number of pyridine rings is 1. The number of aromatic nitrogens is 1. The lowest BCUT2D eigenvalue weighted by atomic mass is 10.1. The Hall–Kier alpha value is -1.13. The number of hydrogen-bond donors (Lipinski definition) is 1. The third kappa shape index (κ3) is 3.41. The Bertz CT molecular complexity index is 351. The lowest BCUT2D eigenvalue weighted by Gasteiger charge is -2.20. The van der Waals surface area contributed by atoms with Gasteiger partial charge in [-0.05, 0) is 31.4 Å². The second-order valence-electron chi connectivity index (χ2n) is 4.43. The summed E-state index contributed by atoms with van der Waals surface area (Å²) in [4.78, 5) is 4.09. The van der Waals surface area contributed by atoms with Gasteiger partial charge in [0.05, 0.1) is 13.2 Å². The predicted molar refractivity (Wildman–Crippen MR) is 66.1 cm³/mol. The molecule has 1 fully saturated rings. The van der Waals surface area contributed by atoms with Crippen LogP contribution < -0.4 is 10.1 Å². The van der Waals surface area contributed by atoms with Crippen LogP contribution >= 0.6 is 0 Å². The largest absolute Gasteiger partial charge is 0.481 e. The summed E-state index contributed by atoms with van der Waals surface area (Å²) in [6, 6.07) is 4.34. The molecule has 2 atom stereocenters. The molecule has 4 nitrogen and oxygen atoms in total. The molecule has 0 amide bonds. The Morgan fingerprint density at radius 2 is 2.53 bits per heavy atom. The number of hydrogen-bond acceptors (Lipinski definition) is 4. The van der Waals surface area contributed by atoms with Gasteiger partial charge in [-0.3, -0.25) is 0 Å². The summed E-state index contributed by atoms with van der Waals surface area (Å²) in [5.74, 6) is 0.661. The maximum absolute atomic E-state index is 5.65. The van der Waals surface area contributed by atoms with Crippen molar-refractivity contribution in [2.75, 3.05) is 13.7 Å². The molecule has 0 radical (unpaired) electrons. The van der Waals surface area contributed by atoms with Gasteiger partial charge in [0.25, 0.3) is 0 Å². The van der Waals surface area contributed by atoms with Crippen molar-refractivity contribution in [1.82, 2.24) is 10.3 Å². The van der Waals surface area contributed by atoms with Crippen LogP contribution in [0.5, 0.6) is 5.88 Å². The highest BCUT2D eigenvalue weighted by atomic mass is 16.5. The van der Waals surface area contributed by atoms with Crippen molar-refractivity contribution in [2.45, 2.75) is 38.5 Å². The lowest BCUT2D eigenvalue weighted by molar-refractivity contribution is 0.0832. The zero-order valence-electron chi connectivity index (χ0n) is 10.5. The molecule has 1 aliphatic heterocycles. The standard InChI is InChI=1S/C13H20N2O2/c1-10(12-4-3-7-17-12)15-9-11-5-6-14-13(8-11)16-2/h5-6,8,10,12,15H,3-4,7,9H2,1-2H3/t10-,12-/m1/s1. The second kappa shape index (κ2) is 5.98. The summed E-state index contributed by atoms with van der Waals surface area (Å²) in [5, 5.41) is 3.48. The monoisotopic (exact) mass is 236 g/mol. The Kier molecular flexibility index (Phi) is 4.34. The van der Waals surface area contributed by atoms with Gasteiger partial charge in [0, 0.05) is 31.5 Å². The van der Waals surface area contributed by atoms with Gasteiger partial charge < -0.3 is 14.8 Å². The van der Waals surface area contributed by atoms with Gasteiger partial charge in [-0.1, -0.05) is 0 Å². The molecule has 17 heavy (non-hydrogen) atoms. The van der Waals surface area contributed by atoms with E-state index in [1.165, 1.54) is 12.0 Å². The van der Waals surface area contributed by atoms with E-state index in [0.717, 1.165) is 19.6 Å². The molecule has 1 saturated heterocycles. The molecule has 0 bridgehead atoms. The van der Waals surface area contributed by atoms with Crippen LogP contribution in [0.25, 0.3) is 0 Å². The van der Waals surface area contributed by atoms with Crippen LogP contribution in [-0.4, -0.2) is 30.8 Å². The summed E-state index contributed by atoms with van der Waals surface area (Å²) >= 11 is 0. The molecule has 0 aliphatic carbocycles. The van der Waals surface area contributed by atoms with Gasteiger partial charge in [-0.15, -0.1) is 0 Å². The molecular formula is C13H20N2O2. The normalized spacial score (nSPS) is 21.4. The molecular weight excluding hydrogens is 216 g/mol. The zero-order chi connectivity index (χ0) is 12.1. The zero-order valence-corrected chi connectivity index (χ0v) is 10.5. The van der Waals surface area contributed by atoms with Crippen molar-refractivity contribution in [3.8, 4) is 5.88 Å². The van der Waals surface area contributed by atoms with Crippen LogP contribution in [0.3, 0.4) is 0 Å². The summed E-state index contributed by atoms with van der Waals surface area (Å²) in [5.41, 5.74) is 1.18. The van der Waals surface area contributed by atoms with E-state index >= 15 is 0 Å². The van der Waals surface area contributed by atoms with Crippen LogP contribution in [0, 0.1) is 0 Å². The third-order valence-electron chi connectivity index (χ3n) is 3.16. The van der Waals surface area contributed by atoms with Gasteiger partial charge in [0.15, 0.2) is 0 Å². The first-order valence-electron chi connectivity index (χ1n) is 6.13. The molecule has 1 aromatic heterocycles. The van der Waals surface area contributed by atoms with Gasteiger partial charge in [0.1, 0.15) is 0 Å². The van der Waals surface area contributed by atoms with E-state index in [4.69, 9.17) is 9.47 Å². The Morgan fingerprint density at radius 1 is 1.65 bits per heavy atom. The van der Waals surface area contributed by atoms with Crippen molar-refractivity contribution in [1.29, 1.82) is 0 Å². The van der Waals surface area contributed by atoms with Crippen LogP contribution in [0.4, 0.5) is 0 Å². The van der Waals surface area contributed by atoms with Crippen molar-refractivity contribution in [3.63, 3.8) is 0 Å². The Labute approximate surface area is 102 Å². The van der Waals surface area contributed by atoms with Crippen LogP contribution in [-0.2, 0) is 11.3 Å². The van der Waals surface area contributed by atoms with E-state index in [9.17, 15) is 0 Å². The highest BCUT2D eigenvalue weighted by Gasteiger charge is 2.21. The quantitative estimate of drug-likeness (QED) is 0.846. The molecule has 2 heterocycles. The van der Waals surface area contributed by atoms with Gasteiger partial charge >= 0.3 is 0 Å². The lowest BCUT2D eigenvalue weighted by Crippen LogP contribution is -2.36. The maximum Gasteiger partial charge on any atom is 0.213 e. The Balaban J connectivity index is 1.83. The number of rotatable bonds is 5. The van der Waals surface area contributed by atoms with Gasteiger partial charge in [-0.2, -0.15) is 0 Å². The summed E-state index contributed by atoms with van der Waals surface area (Å²) in [7, 11) is 1.63. The minimum atomic E-state index is 0.360. The van der Waals surface area contributed by atoms with E-state index in [-0.39, 0.29) is 0 Å². The average Bonchev–Trinajstić information content (AvgIpc) is 2.90. The van der Waals surface area contributed by atoms with Crippen molar-refractivity contribution >= 4 is 0 Å². The van der Waals surface area contributed by atoms with Gasteiger partial charge in [0.2, 0.25) is 5.88 Å². The first-order chi connectivity index (χ1) is 8.29. The topological polar surface area (TPSA) is 43.4 Å². The molecule has 1 N–H and O–H groups in total. The first kappa shape index (κ1) is 12.3. The molecule has 4 heteroatoms. The van der Waals surface area contributed by atoms with Crippen LogP contribution in [0.15, 0.2) is 18.3 Å². The number of nitrogens with zero attached hydrogens (tertiary/aromatic N) is 1. The molecule has 0 unspecified atom stereocenters.